The van der Waals surface area contributed by atoms with Crippen LogP contribution in [0.2, 0.25) is 0 Å². The van der Waals surface area contributed by atoms with Gasteiger partial charge >= 0.3 is 0 Å². The van der Waals surface area contributed by atoms with Gasteiger partial charge in [-0.25, -0.2) is 4.98 Å². The molecule has 5 nitrogen and oxygen atoms in total. The van der Waals surface area contributed by atoms with Gasteiger partial charge in [-0.3, -0.25) is 9.36 Å². The number of rotatable bonds is 6. The quantitative estimate of drug-likeness (QED) is 0.861. The molecule has 114 valence electrons. The van der Waals surface area contributed by atoms with E-state index in [2.05, 4.69) is 29.5 Å². The zero-order valence-corrected chi connectivity index (χ0v) is 13.8. The summed E-state index contributed by atoms with van der Waals surface area (Å²) in [4.78, 5) is 16.7. The van der Waals surface area contributed by atoms with Crippen LogP contribution in [0.4, 0.5) is 0 Å². The molecule has 2 aromatic heterocycles. The molecule has 2 N–H and O–H groups in total. The summed E-state index contributed by atoms with van der Waals surface area (Å²) < 4.78 is 2.02. The lowest BCUT2D eigenvalue weighted by atomic mass is 10.2. The second-order valence-electron chi connectivity index (χ2n) is 5.10. The summed E-state index contributed by atoms with van der Waals surface area (Å²) in [6.45, 7) is 9.58. The molecule has 0 aliphatic carbocycles. The first-order valence-electron chi connectivity index (χ1n) is 7.15. The van der Waals surface area contributed by atoms with Crippen molar-refractivity contribution in [1.82, 2.24) is 20.2 Å². The number of carbonyl (C=O) groups is 1. The maximum absolute atomic E-state index is 12.3. The van der Waals surface area contributed by atoms with Crippen LogP contribution in [0.1, 0.15) is 35.6 Å². The SMILES string of the molecule is CCN[C@H](C)CNC(=O)c1cc(C)n(-c2nccs2)c1C. The van der Waals surface area contributed by atoms with Crippen molar-refractivity contribution in [2.75, 3.05) is 13.1 Å². The lowest BCUT2D eigenvalue weighted by Gasteiger charge is -2.13. The van der Waals surface area contributed by atoms with Crippen LogP contribution in [0.3, 0.4) is 0 Å². The standard InChI is InChI=1S/C15H22N4OS/c1-5-16-10(2)9-18-14(20)13-8-11(3)19(12(13)4)15-17-6-7-21-15/h6-8,10,16H,5,9H2,1-4H3,(H,18,20)/t10-/m1/s1. The van der Waals surface area contributed by atoms with Crippen molar-refractivity contribution >= 4 is 17.2 Å². The molecule has 0 aliphatic rings. The molecule has 2 aromatic rings. The Kier molecular flexibility index (Phi) is 5.14. The molecule has 0 aliphatic heterocycles. The van der Waals surface area contributed by atoms with E-state index in [1.165, 1.54) is 0 Å². The number of aromatic nitrogens is 2. The van der Waals surface area contributed by atoms with Gasteiger partial charge in [-0.2, -0.15) is 0 Å². The van der Waals surface area contributed by atoms with E-state index in [0.717, 1.165) is 23.1 Å². The molecule has 0 spiro atoms. The number of aryl methyl sites for hydroxylation is 1. The first kappa shape index (κ1) is 15.7. The lowest BCUT2D eigenvalue weighted by Crippen LogP contribution is -2.38. The molecule has 21 heavy (non-hydrogen) atoms. The summed E-state index contributed by atoms with van der Waals surface area (Å²) in [7, 11) is 0. The fraction of sp³-hybridized carbons (Fsp3) is 0.467. The molecule has 2 heterocycles. The monoisotopic (exact) mass is 306 g/mol. The minimum atomic E-state index is -0.0318. The van der Waals surface area contributed by atoms with Gasteiger partial charge < -0.3 is 10.6 Å². The second kappa shape index (κ2) is 6.87. The maximum atomic E-state index is 12.3. The summed E-state index contributed by atoms with van der Waals surface area (Å²) >= 11 is 1.56. The molecule has 0 aromatic carbocycles. The normalized spacial score (nSPS) is 12.4. The third-order valence-corrected chi connectivity index (χ3v) is 4.16. The summed E-state index contributed by atoms with van der Waals surface area (Å²) in [5.41, 5.74) is 2.66. The van der Waals surface area contributed by atoms with E-state index in [1.807, 2.05) is 29.9 Å². The molecule has 1 amide bonds. The van der Waals surface area contributed by atoms with Gasteiger partial charge in [0.15, 0.2) is 5.13 Å². The van der Waals surface area contributed by atoms with Gasteiger partial charge in [-0.05, 0) is 33.4 Å². The minimum Gasteiger partial charge on any atom is -0.350 e. The number of thiazole rings is 1. The van der Waals surface area contributed by atoms with Gasteiger partial charge in [-0.15, -0.1) is 11.3 Å². The number of carbonyl (C=O) groups excluding carboxylic acids is 1. The Hall–Kier alpha value is -1.66. The fourth-order valence-electron chi connectivity index (χ4n) is 2.38. The molecule has 0 saturated heterocycles. The molecule has 2 rings (SSSR count). The Balaban J connectivity index is 2.14. The predicted octanol–water partition coefficient (Wildman–Crippen LogP) is 2.28. The van der Waals surface area contributed by atoms with Crippen molar-refractivity contribution in [3.05, 3.63) is 34.6 Å². The highest BCUT2D eigenvalue weighted by molar-refractivity contribution is 7.12. The van der Waals surface area contributed by atoms with Crippen molar-refractivity contribution in [2.24, 2.45) is 0 Å². The first-order chi connectivity index (χ1) is 10.0. The van der Waals surface area contributed by atoms with Crippen LogP contribution >= 0.6 is 11.3 Å². The molecule has 6 heteroatoms. The van der Waals surface area contributed by atoms with Crippen molar-refractivity contribution in [3.63, 3.8) is 0 Å². The molecule has 0 unspecified atom stereocenters. The zero-order chi connectivity index (χ0) is 15.4. The molecular weight excluding hydrogens is 284 g/mol. The zero-order valence-electron chi connectivity index (χ0n) is 12.9. The van der Waals surface area contributed by atoms with Gasteiger partial charge in [0.2, 0.25) is 0 Å². The van der Waals surface area contributed by atoms with E-state index in [1.54, 1.807) is 17.5 Å². The fourth-order valence-corrected chi connectivity index (χ4v) is 3.13. The van der Waals surface area contributed by atoms with E-state index in [0.29, 0.717) is 12.1 Å². The number of nitrogens with one attached hydrogen (secondary N) is 2. The highest BCUT2D eigenvalue weighted by atomic mass is 32.1. The van der Waals surface area contributed by atoms with Crippen molar-refractivity contribution in [2.45, 2.75) is 33.7 Å². The Morgan fingerprint density at radius 1 is 1.48 bits per heavy atom. The molecular formula is C15H22N4OS. The summed E-state index contributed by atoms with van der Waals surface area (Å²) in [6.07, 6.45) is 1.77. The second-order valence-corrected chi connectivity index (χ2v) is 5.98. The molecule has 1 atom stereocenters. The van der Waals surface area contributed by atoms with Crippen LogP contribution in [0, 0.1) is 13.8 Å². The average molecular weight is 306 g/mol. The number of hydrogen-bond acceptors (Lipinski definition) is 4. The Morgan fingerprint density at radius 3 is 2.86 bits per heavy atom. The smallest absolute Gasteiger partial charge is 0.253 e. The molecule has 0 saturated carbocycles. The lowest BCUT2D eigenvalue weighted by molar-refractivity contribution is 0.0949. The number of amides is 1. The van der Waals surface area contributed by atoms with E-state index < -0.39 is 0 Å². The van der Waals surface area contributed by atoms with Crippen molar-refractivity contribution in [1.29, 1.82) is 0 Å². The third-order valence-electron chi connectivity index (χ3n) is 3.41. The van der Waals surface area contributed by atoms with Crippen LogP contribution in [0.25, 0.3) is 5.13 Å². The predicted molar refractivity (Wildman–Crippen MR) is 86.4 cm³/mol. The Morgan fingerprint density at radius 2 is 2.24 bits per heavy atom. The Labute approximate surface area is 129 Å². The van der Waals surface area contributed by atoms with Gasteiger partial charge in [0.25, 0.3) is 5.91 Å². The van der Waals surface area contributed by atoms with Crippen LogP contribution in [0.5, 0.6) is 0 Å². The highest BCUT2D eigenvalue weighted by Crippen LogP contribution is 2.22. The van der Waals surface area contributed by atoms with Crippen LogP contribution < -0.4 is 10.6 Å². The van der Waals surface area contributed by atoms with Gasteiger partial charge in [0.1, 0.15) is 0 Å². The number of hydrogen-bond donors (Lipinski definition) is 2. The number of likely N-dealkylation sites (N-methyl/N-ethyl adjacent to an activating group) is 1. The average Bonchev–Trinajstić information content (AvgIpc) is 3.04. The Bertz CT molecular complexity index is 603. The van der Waals surface area contributed by atoms with Crippen LogP contribution in [-0.2, 0) is 0 Å². The topological polar surface area (TPSA) is 58.9 Å². The van der Waals surface area contributed by atoms with E-state index in [-0.39, 0.29) is 11.9 Å². The minimum absolute atomic E-state index is 0.0318. The summed E-state index contributed by atoms with van der Waals surface area (Å²) in [5.74, 6) is -0.0318. The third kappa shape index (κ3) is 3.51. The van der Waals surface area contributed by atoms with Crippen LogP contribution in [-0.4, -0.2) is 34.6 Å². The summed E-state index contributed by atoms with van der Waals surface area (Å²) in [5, 5.41) is 9.09. The largest absolute Gasteiger partial charge is 0.350 e. The van der Waals surface area contributed by atoms with Gasteiger partial charge in [-0.1, -0.05) is 6.92 Å². The van der Waals surface area contributed by atoms with E-state index >= 15 is 0 Å². The highest BCUT2D eigenvalue weighted by Gasteiger charge is 2.17. The first-order valence-corrected chi connectivity index (χ1v) is 8.03. The van der Waals surface area contributed by atoms with E-state index in [4.69, 9.17) is 0 Å². The molecule has 0 fully saturated rings. The molecule has 0 bridgehead atoms. The number of nitrogens with zero attached hydrogens (tertiary/aromatic N) is 2. The van der Waals surface area contributed by atoms with Crippen molar-refractivity contribution in [3.8, 4) is 5.13 Å². The molecule has 0 radical (unpaired) electrons. The van der Waals surface area contributed by atoms with E-state index in [9.17, 15) is 4.79 Å². The van der Waals surface area contributed by atoms with Crippen molar-refractivity contribution < 1.29 is 4.79 Å². The van der Waals surface area contributed by atoms with Gasteiger partial charge in [0, 0.05) is 35.6 Å². The van der Waals surface area contributed by atoms with Crippen LogP contribution in [0.15, 0.2) is 17.6 Å². The maximum Gasteiger partial charge on any atom is 0.253 e. The van der Waals surface area contributed by atoms with Gasteiger partial charge in [0.05, 0.1) is 5.56 Å². The summed E-state index contributed by atoms with van der Waals surface area (Å²) in [6, 6.07) is 2.19.